The van der Waals surface area contributed by atoms with Crippen LogP contribution in [0.3, 0.4) is 0 Å². The lowest BCUT2D eigenvalue weighted by Gasteiger charge is -2.26. The minimum absolute atomic E-state index is 0.466. The van der Waals surface area contributed by atoms with Gasteiger partial charge in [0.15, 0.2) is 0 Å². The van der Waals surface area contributed by atoms with E-state index in [0.717, 1.165) is 50.3 Å². The van der Waals surface area contributed by atoms with Crippen LogP contribution >= 0.6 is 0 Å². The van der Waals surface area contributed by atoms with Crippen LogP contribution < -0.4 is 0 Å². The molecule has 5 nitrogen and oxygen atoms in total. The smallest absolute Gasteiger partial charge is 0.0764 e. The van der Waals surface area contributed by atoms with E-state index in [1.807, 2.05) is 4.68 Å². The topological polar surface area (TPSA) is 53.7 Å². The Balaban J connectivity index is 1.88. The van der Waals surface area contributed by atoms with Crippen molar-refractivity contribution in [1.82, 2.24) is 14.7 Å². The van der Waals surface area contributed by atoms with Gasteiger partial charge in [-0.25, -0.2) is 0 Å². The van der Waals surface area contributed by atoms with Gasteiger partial charge in [0.05, 0.1) is 11.4 Å². The third kappa shape index (κ3) is 3.10. The molecule has 1 atom stereocenters. The van der Waals surface area contributed by atoms with Gasteiger partial charge in [-0.3, -0.25) is 9.58 Å². The van der Waals surface area contributed by atoms with Crippen molar-refractivity contribution in [3.05, 3.63) is 18.0 Å². The molecule has 18 heavy (non-hydrogen) atoms. The number of rotatable bonds is 4. The first-order valence-corrected chi connectivity index (χ1v) is 6.69. The number of likely N-dealkylation sites (tertiary alicyclic amines) is 1. The van der Waals surface area contributed by atoms with Crippen LogP contribution in [0.1, 0.15) is 44.8 Å². The van der Waals surface area contributed by atoms with Gasteiger partial charge in [0.25, 0.3) is 0 Å². The minimum Gasteiger partial charge on any atom is -0.411 e. The molecule has 0 aliphatic carbocycles. The first kappa shape index (κ1) is 13.1. The molecule has 1 aromatic heterocycles. The van der Waals surface area contributed by atoms with Gasteiger partial charge in [0.1, 0.15) is 0 Å². The maximum absolute atomic E-state index is 8.71. The fourth-order valence-electron chi connectivity index (χ4n) is 2.19. The van der Waals surface area contributed by atoms with E-state index >= 15 is 0 Å². The highest BCUT2D eigenvalue weighted by atomic mass is 16.4. The number of oxime groups is 1. The molecule has 1 aromatic rings. The van der Waals surface area contributed by atoms with Crippen molar-refractivity contribution in [3.63, 3.8) is 0 Å². The van der Waals surface area contributed by atoms with Crippen LogP contribution in [-0.2, 0) is 6.54 Å². The van der Waals surface area contributed by atoms with Gasteiger partial charge in [-0.2, -0.15) is 5.10 Å². The van der Waals surface area contributed by atoms with Gasteiger partial charge in [-0.15, -0.1) is 0 Å². The Morgan fingerprint density at radius 1 is 1.44 bits per heavy atom. The molecule has 0 bridgehead atoms. The molecule has 1 unspecified atom stereocenters. The average Bonchev–Trinajstić information content (AvgIpc) is 2.87. The van der Waals surface area contributed by atoms with Crippen LogP contribution in [0.2, 0.25) is 0 Å². The average molecular weight is 250 g/mol. The van der Waals surface area contributed by atoms with E-state index in [9.17, 15) is 0 Å². The van der Waals surface area contributed by atoms with Gasteiger partial charge in [0.2, 0.25) is 0 Å². The van der Waals surface area contributed by atoms with Crippen molar-refractivity contribution in [2.45, 2.75) is 45.7 Å². The van der Waals surface area contributed by atoms with Crippen LogP contribution in [-0.4, -0.2) is 38.7 Å². The Morgan fingerprint density at radius 2 is 2.17 bits per heavy atom. The zero-order valence-corrected chi connectivity index (χ0v) is 11.2. The summed E-state index contributed by atoms with van der Waals surface area (Å²) >= 11 is 0. The van der Waals surface area contributed by atoms with Crippen molar-refractivity contribution >= 4 is 5.71 Å². The van der Waals surface area contributed by atoms with Crippen molar-refractivity contribution in [1.29, 1.82) is 0 Å². The van der Waals surface area contributed by atoms with Crippen LogP contribution in [0.4, 0.5) is 0 Å². The molecule has 0 amide bonds. The van der Waals surface area contributed by atoms with Gasteiger partial charge >= 0.3 is 0 Å². The normalized spacial score (nSPS) is 18.9. The second-order valence-electron chi connectivity index (χ2n) is 4.99. The number of hydrogen-bond donors (Lipinski definition) is 1. The molecule has 0 spiro atoms. The Kier molecular flexibility index (Phi) is 4.36. The van der Waals surface area contributed by atoms with E-state index in [1.165, 1.54) is 0 Å². The monoisotopic (exact) mass is 250 g/mol. The number of piperidine rings is 1. The molecule has 5 heteroatoms. The van der Waals surface area contributed by atoms with Crippen molar-refractivity contribution in [3.8, 4) is 0 Å². The molecule has 2 heterocycles. The lowest BCUT2D eigenvalue weighted by atomic mass is 10.1. The molecule has 0 aromatic carbocycles. The van der Waals surface area contributed by atoms with Crippen molar-refractivity contribution < 1.29 is 5.21 Å². The first-order valence-electron chi connectivity index (χ1n) is 6.69. The van der Waals surface area contributed by atoms with E-state index in [0.29, 0.717) is 6.04 Å². The largest absolute Gasteiger partial charge is 0.411 e. The van der Waals surface area contributed by atoms with Crippen LogP contribution in [0.5, 0.6) is 0 Å². The molecule has 0 radical (unpaired) electrons. The zero-order valence-electron chi connectivity index (χ0n) is 11.2. The molecule has 1 aliphatic rings. The maximum atomic E-state index is 8.71. The van der Waals surface area contributed by atoms with Gasteiger partial charge in [-0.05, 0) is 19.4 Å². The molecular formula is C13H22N4O. The predicted molar refractivity (Wildman–Crippen MR) is 71.0 cm³/mol. The number of hydrogen-bond acceptors (Lipinski definition) is 4. The van der Waals surface area contributed by atoms with Crippen molar-refractivity contribution in [2.24, 2.45) is 5.16 Å². The van der Waals surface area contributed by atoms with E-state index in [-0.39, 0.29) is 0 Å². The molecule has 1 fully saturated rings. The highest BCUT2D eigenvalue weighted by molar-refractivity contribution is 5.84. The molecular weight excluding hydrogens is 228 g/mol. The third-order valence-corrected chi connectivity index (χ3v) is 3.67. The molecule has 1 N–H and O–H groups in total. The Labute approximate surface area is 108 Å². The zero-order chi connectivity index (χ0) is 13.0. The van der Waals surface area contributed by atoms with Crippen LogP contribution in [0.15, 0.2) is 17.4 Å². The predicted octanol–water partition coefficient (Wildman–Crippen LogP) is 2.28. The molecule has 100 valence electrons. The first-order chi connectivity index (χ1) is 8.72. The SMILES string of the molecule is CCC(C)n1ccc(CN2CCC(=NO)CC2)n1. The third-order valence-electron chi connectivity index (χ3n) is 3.67. The Morgan fingerprint density at radius 3 is 2.78 bits per heavy atom. The quantitative estimate of drug-likeness (QED) is 0.659. The van der Waals surface area contributed by atoms with E-state index in [1.54, 1.807) is 0 Å². The summed E-state index contributed by atoms with van der Waals surface area (Å²) in [5, 5.41) is 16.6. The lowest BCUT2D eigenvalue weighted by Crippen LogP contribution is -2.33. The maximum Gasteiger partial charge on any atom is 0.0764 e. The van der Waals surface area contributed by atoms with Crippen LogP contribution in [0.25, 0.3) is 0 Å². The van der Waals surface area contributed by atoms with Crippen LogP contribution in [0, 0.1) is 0 Å². The van der Waals surface area contributed by atoms with E-state index in [4.69, 9.17) is 5.21 Å². The fraction of sp³-hybridized carbons (Fsp3) is 0.692. The molecule has 2 rings (SSSR count). The van der Waals surface area contributed by atoms with Gasteiger partial charge in [-0.1, -0.05) is 12.1 Å². The number of nitrogens with zero attached hydrogens (tertiary/aromatic N) is 4. The summed E-state index contributed by atoms with van der Waals surface area (Å²) in [6.45, 7) is 7.15. The van der Waals surface area contributed by atoms with Crippen molar-refractivity contribution in [2.75, 3.05) is 13.1 Å². The van der Waals surface area contributed by atoms with Gasteiger partial charge < -0.3 is 5.21 Å². The molecule has 1 saturated heterocycles. The highest BCUT2D eigenvalue weighted by Gasteiger charge is 2.16. The van der Waals surface area contributed by atoms with Gasteiger partial charge in [0, 0.05) is 44.7 Å². The summed E-state index contributed by atoms with van der Waals surface area (Å²) in [7, 11) is 0. The van der Waals surface area contributed by atoms with E-state index in [2.05, 4.69) is 41.3 Å². The highest BCUT2D eigenvalue weighted by Crippen LogP contribution is 2.13. The summed E-state index contributed by atoms with van der Waals surface area (Å²) in [6.07, 6.45) is 4.89. The minimum atomic E-state index is 0.466. The summed E-state index contributed by atoms with van der Waals surface area (Å²) in [4.78, 5) is 2.36. The summed E-state index contributed by atoms with van der Waals surface area (Å²) < 4.78 is 2.04. The standard InChI is InChI=1S/C13H22N4O/c1-3-11(2)17-9-6-13(14-17)10-16-7-4-12(15-18)5-8-16/h6,9,11,18H,3-5,7-8,10H2,1-2H3. The Hall–Kier alpha value is -1.36. The van der Waals surface area contributed by atoms with E-state index < -0.39 is 0 Å². The Bertz CT molecular complexity index is 403. The summed E-state index contributed by atoms with van der Waals surface area (Å²) in [5.41, 5.74) is 2.04. The molecule has 1 aliphatic heterocycles. The lowest BCUT2D eigenvalue weighted by molar-refractivity contribution is 0.252. The second-order valence-corrected chi connectivity index (χ2v) is 4.99. The summed E-state index contributed by atoms with van der Waals surface area (Å²) in [6, 6.07) is 2.56. The fourth-order valence-corrected chi connectivity index (χ4v) is 2.19. The number of aromatic nitrogens is 2. The molecule has 0 saturated carbocycles. The summed E-state index contributed by atoms with van der Waals surface area (Å²) in [5.74, 6) is 0. The second kappa shape index (κ2) is 6.00.